The van der Waals surface area contributed by atoms with Crippen LogP contribution in [0.2, 0.25) is 0 Å². The lowest BCUT2D eigenvalue weighted by Gasteiger charge is -2.16. The fraction of sp³-hybridized carbons (Fsp3) is 0.125. The number of hydrogen-bond donors (Lipinski definition) is 3. The first kappa shape index (κ1) is 33.8. The van der Waals surface area contributed by atoms with Crippen LogP contribution in [0, 0.1) is 6.92 Å². The molecule has 5 aromatic carbocycles. The molecule has 0 aliphatic rings. The second-order valence-electron chi connectivity index (χ2n) is 11.1. The Morgan fingerprint density at radius 1 is 0.750 bits per heavy atom. The number of thioether (sulfide) groups is 1. The topological polar surface area (TPSA) is 96.5 Å². The van der Waals surface area contributed by atoms with Crippen LogP contribution in [0.15, 0.2) is 144 Å². The predicted octanol–water partition coefficient (Wildman–Crippen LogP) is 8.49. The molecular weight excluding hydrogens is 619 g/mol. The SMILES string of the molecule is CCC(Sc1cccc(NC(=O)/C(=C/c2ccc(OCc3ccccc3)cc2)NC(=O)c2ccccc2)c1)C(=O)Nc1ccc(C)cc1. The molecule has 1 unspecified atom stereocenters. The predicted molar refractivity (Wildman–Crippen MR) is 194 cm³/mol. The van der Waals surface area contributed by atoms with Crippen LogP contribution in [0.5, 0.6) is 5.75 Å². The fourth-order valence-electron chi connectivity index (χ4n) is 4.70. The molecule has 3 amide bonds. The Hall–Kier alpha value is -5.60. The molecule has 5 aromatic rings. The number of hydrogen-bond acceptors (Lipinski definition) is 5. The van der Waals surface area contributed by atoms with Gasteiger partial charge in [0.05, 0.1) is 5.25 Å². The lowest BCUT2D eigenvalue weighted by atomic mass is 10.1. The monoisotopic (exact) mass is 655 g/mol. The van der Waals surface area contributed by atoms with Crippen LogP contribution in [0.3, 0.4) is 0 Å². The molecule has 0 aliphatic heterocycles. The Morgan fingerprint density at radius 3 is 2.12 bits per heavy atom. The van der Waals surface area contributed by atoms with E-state index >= 15 is 0 Å². The van der Waals surface area contributed by atoms with E-state index in [1.165, 1.54) is 11.8 Å². The Balaban J connectivity index is 1.29. The maximum Gasteiger partial charge on any atom is 0.272 e. The second kappa shape index (κ2) is 16.8. The number of carbonyl (C=O) groups excluding carboxylic acids is 3. The highest BCUT2D eigenvalue weighted by Gasteiger charge is 2.19. The summed E-state index contributed by atoms with van der Waals surface area (Å²) in [6.45, 7) is 4.40. The Morgan fingerprint density at radius 2 is 1.44 bits per heavy atom. The third kappa shape index (κ3) is 9.95. The number of nitrogens with one attached hydrogen (secondary N) is 3. The van der Waals surface area contributed by atoms with Crippen LogP contribution in [-0.2, 0) is 16.2 Å². The van der Waals surface area contributed by atoms with Crippen molar-refractivity contribution in [3.05, 3.63) is 161 Å². The zero-order valence-corrected chi connectivity index (χ0v) is 27.6. The van der Waals surface area contributed by atoms with E-state index < -0.39 is 11.8 Å². The molecule has 8 heteroatoms. The average molecular weight is 656 g/mol. The van der Waals surface area contributed by atoms with Crippen molar-refractivity contribution < 1.29 is 19.1 Å². The summed E-state index contributed by atoms with van der Waals surface area (Å²) in [6.07, 6.45) is 2.24. The van der Waals surface area contributed by atoms with Crippen LogP contribution < -0.4 is 20.7 Å². The van der Waals surface area contributed by atoms with Crippen molar-refractivity contribution >= 4 is 46.9 Å². The first-order valence-electron chi connectivity index (χ1n) is 15.7. The van der Waals surface area contributed by atoms with Gasteiger partial charge < -0.3 is 20.7 Å². The molecular formula is C40H37N3O4S. The van der Waals surface area contributed by atoms with Crippen LogP contribution in [-0.4, -0.2) is 23.0 Å². The maximum absolute atomic E-state index is 13.6. The quantitative estimate of drug-likeness (QED) is 0.0873. The third-order valence-corrected chi connectivity index (χ3v) is 8.68. The van der Waals surface area contributed by atoms with E-state index in [-0.39, 0.29) is 16.9 Å². The summed E-state index contributed by atoms with van der Waals surface area (Å²) < 4.78 is 5.90. The largest absolute Gasteiger partial charge is 0.489 e. The van der Waals surface area contributed by atoms with Crippen LogP contribution in [0.4, 0.5) is 11.4 Å². The van der Waals surface area contributed by atoms with Gasteiger partial charge in [-0.3, -0.25) is 14.4 Å². The number of ether oxygens (including phenoxy) is 1. The summed E-state index contributed by atoms with van der Waals surface area (Å²) in [5.41, 5.74) is 4.66. The molecule has 5 rings (SSSR count). The van der Waals surface area contributed by atoms with Gasteiger partial charge in [-0.25, -0.2) is 0 Å². The van der Waals surface area contributed by atoms with Gasteiger partial charge in [-0.05, 0) is 85.1 Å². The lowest BCUT2D eigenvalue weighted by molar-refractivity contribution is -0.116. The third-order valence-electron chi connectivity index (χ3n) is 7.32. The van der Waals surface area contributed by atoms with Crippen LogP contribution in [0.25, 0.3) is 6.08 Å². The summed E-state index contributed by atoms with van der Waals surface area (Å²) in [4.78, 5) is 40.6. The number of aryl methyl sites for hydroxylation is 1. The number of benzene rings is 5. The fourth-order valence-corrected chi connectivity index (χ4v) is 5.72. The van der Waals surface area contributed by atoms with Gasteiger partial charge >= 0.3 is 0 Å². The van der Waals surface area contributed by atoms with Gasteiger partial charge in [-0.15, -0.1) is 11.8 Å². The molecule has 0 fully saturated rings. The van der Waals surface area contributed by atoms with Crippen molar-refractivity contribution in [3.8, 4) is 5.75 Å². The van der Waals surface area contributed by atoms with Gasteiger partial charge in [0, 0.05) is 21.8 Å². The second-order valence-corrected chi connectivity index (χ2v) is 12.3. The molecule has 0 spiro atoms. The normalized spacial score (nSPS) is 11.7. The van der Waals surface area contributed by atoms with Crippen molar-refractivity contribution in [3.63, 3.8) is 0 Å². The number of anilines is 2. The van der Waals surface area contributed by atoms with Gasteiger partial charge in [-0.1, -0.05) is 91.3 Å². The molecule has 0 saturated carbocycles. The molecule has 0 aromatic heterocycles. The minimum Gasteiger partial charge on any atom is -0.489 e. The minimum absolute atomic E-state index is 0.0729. The molecule has 242 valence electrons. The molecule has 0 bridgehead atoms. The van der Waals surface area contributed by atoms with E-state index in [1.807, 2.05) is 117 Å². The lowest BCUT2D eigenvalue weighted by Crippen LogP contribution is -2.30. The first-order valence-corrected chi connectivity index (χ1v) is 16.5. The highest BCUT2D eigenvalue weighted by Crippen LogP contribution is 2.29. The van der Waals surface area contributed by atoms with Crippen LogP contribution in [0.1, 0.15) is 40.4 Å². The van der Waals surface area contributed by atoms with Crippen molar-refractivity contribution in [2.75, 3.05) is 10.6 Å². The first-order chi connectivity index (χ1) is 23.4. The maximum atomic E-state index is 13.6. The highest BCUT2D eigenvalue weighted by molar-refractivity contribution is 8.00. The summed E-state index contributed by atoms with van der Waals surface area (Å²) in [7, 11) is 0. The molecule has 0 heterocycles. The zero-order valence-electron chi connectivity index (χ0n) is 26.8. The number of amides is 3. The Labute approximate surface area is 285 Å². The molecule has 48 heavy (non-hydrogen) atoms. The molecule has 0 radical (unpaired) electrons. The minimum atomic E-state index is -0.491. The van der Waals surface area contributed by atoms with Gasteiger partial charge in [0.1, 0.15) is 18.1 Å². The summed E-state index contributed by atoms with van der Waals surface area (Å²) in [6, 6.07) is 40.9. The number of rotatable bonds is 13. The van der Waals surface area contributed by atoms with E-state index in [0.29, 0.717) is 35.6 Å². The van der Waals surface area contributed by atoms with Gasteiger partial charge in [0.25, 0.3) is 11.8 Å². The van der Waals surface area contributed by atoms with Crippen molar-refractivity contribution in [1.29, 1.82) is 0 Å². The Bertz CT molecular complexity index is 1860. The Kier molecular flexibility index (Phi) is 11.8. The van der Waals surface area contributed by atoms with Gasteiger partial charge in [0.15, 0.2) is 0 Å². The summed E-state index contributed by atoms with van der Waals surface area (Å²) >= 11 is 1.42. The van der Waals surface area contributed by atoms with Crippen molar-refractivity contribution in [2.24, 2.45) is 0 Å². The summed E-state index contributed by atoms with van der Waals surface area (Å²) in [5.74, 6) is -0.307. The van der Waals surface area contributed by atoms with Crippen molar-refractivity contribution in [1.82, 2.24) is 5.32 Å². The van der Waals surface area contributed by atoms with E-state index in [4.69, 9.17) is 4.74 Å². The van der Waals surface area contributed by atoms with Gasteiger partial charge in [-0.2, -0.15) is 0 Å². The average Bonchev–Trinajstić information content (AvgIpc) is 3.12. The van der Waals surface area contributed by atoms with E-state index in [2.05, 4.69) is 16.0 Å². The molecule has 0 aliphatic carbocycles. The van der Waals surface area contributed by atoms with E-state index in [9.17, 15) is 14.4 Å². The van der Waals surface area contributed by atoms with E-state index in [0.717, 1.165) is 21.7 Å². The summed E-state index contributed by atoms with van der Waals surface area (Å²) in [5, 5.41) is 8.35. The standard InChI is InChI=1S/C40H37N3O4S/c1-3-37(40(46)41-32-21-17-28(2)18-22-32)48-35-16-10-15-33(26-35)42-39(45)36(43-38(44)31-13-8-5-9-14-31)25-29-19-23-34(24-20-29)47-27-30-11-6-4-7-12-30/h4-26,37H,3,27H2,1-2H3,(H,41,46)(H,42,45)(H,43,44)/b36-25-. The van der Waals surface area contributed by atoms with Crippen molar-refractivity contribution in [2.45, 2.75) is 37.0 Å². The smallest absolute Gasteiger partial charge is 0.272 e. The number of carbonyl (C=O) groups is 3. The van der Waals surface area contributed by atoms with Crippen LogP contribution >= 0.6 is 11.8 Å². The molecule has 3 N–H and O–H groups in total. The molecule has 1 atom stereocenters. The van der Waals surface area contributed by atoms with E-state index in [1.54, 1.807) is 36.4 Å². The highest BCUT2D eigenvalue weighted by atomic mass is 32.2. The molecule has 7 nitrogen and oxygen atoms in total. The van der Waals surface area contributed by atoms with Gasteiger partial charge in [0.2, 0.25) is 5.91 Å². The zero-order chi connectivity index (χ0) is 33.7. The molecule has 0 saturated heterocycles.